The number of isothiocyanates is 1. The molecule has 0 saturated heterocycles. The van der Waals surface area contributed by atoms with Crippen LogP contribution in [0.4, 0.5) is 0 Å². The standard InChI is InChI=1S/C18H19NS/c20-14-19-13-18(11-4-1-5-12-18)17-10-6-8-15-7-2-3-9-16(15)17/h2-3,6-10H,1,4-5,11-13H2. The van der Waals surface area contributed by atoms with Crippen LogP contribution in [0.25, 0.3) is 10.8 Å². The summed E-state index contributed by atoms with van der Waals surface area (Å²) in [5, 5.41) is 5.26. The van der Waals surface area contributed by atoms with E-state index in [2.05, 4.69) is 52.6 Å². The van der Waals surface area contributed by atoms with Crippen molar-refractivity contribution in [3.05, 3.63) is 48.0 Å². The molecular formula is C18H19NS. The molecular weight excluding hydrogens is 262 g/mol. The van der Waals surface area contributed by atoms with Gasteiger partial charge < -0.3 is 0 Å². The number of benzene rings is 2. The lowest BCUT2D eigenvalue weighted by Crippen LogP contribution is -2.32. The van der Waals surface area contributed by atoms with Gasteiger partial charge in [-0.3, -0.25) is 0 Å². The minimum absolute atomic E-state index is 0.158. The maximum Gasteiger partial charge on any atom is 0.0589 e. The van der Waals surface area contributed by atoms with Crippen LogP contribution >= 0.6 is 12.2 Å². The van der Waals surface area contributed by atoms with Gasteiger partial charge in [0.05, 0.1) is 11.7 Å². The number of fused-ring (bicyclic) bond motifs is 1. The molecule has 0 spiro atoms. The first-order chi connectivity index (χ1) is 9.86. The van der Waals surface area contributed by atoms with Crippen molar-refractivity contribution in [3.8, 4) is 0 Å². The molecule has 2 aromatic carbocycles. The molecule has 102 valence electrons. The van der Waals surface area contributed by atoms with Crippen molar-refractivity contribution in [2.45, 2.75) is 37.5 Å². The highest BCUT2D eigenvalue weighted by Crippen LogP contribution is 2.42. The molecule has 1 saturated carbocycles. The zero-order valence-electron chi connectivity index (χ0n) is 11.6. The van der Waals surface area contributed by atoms with Gasteiger partial charge in [0.25, 0.3) is 0 Å². The fourth-order valence-corrected chi connectivity index (χ4v) is 3.68. The second-order valence-corrected chi connectivity index (χ2v) is 5.96. The first kappa shape index (κ1) is 13.5. The summed E-state index contributed by atoms with van der Waals surface area (Å²) in [6, 6.07) is 15.3. The molecule has 3 rings (SSSR count). The Morgan fingerprint density at radius 2 is 1.75 bits per heavy atom. The molecule has 20 heavy (non-hydrogen) atoms. The third-order valence-electron chi connectivity index (χ3n) is 4.62. The Kier molecular flexibility index (Phi) is 3.95. The van der Waals surface area contributed by atoms with Crippen LogP contribution in [-0.4, -0.2) is 11.7 Å². The molecule has 1 aliphatic rings. The largest absolute Gasteiger partial charge is 0.232 e. The van der Waals surface area contributed by atoms with E-state index >= 15 is 0 Å². The second-order valence-electron chi connectivity index (χ2n) is 5.78. The minimum Gasteiger partial charge on any atom is -0.232 e. The topological polar surface area (TPSA) is 12.4 Å². The molecule has 0 aliphatic heterocycles. The van der Waals surface area contributed by atoms with E-state index in [1.807, 2.05) is 0 Å². The molecule has 0 bridgehead atoms. The molecule has 0 heterocycles. The number of aliphatic imine (C=N–C) groups is 1. The quantitative estimate of drug-likeness (QED) is 0.560. The highest BCUT2D eigenvalue weighted by molar-refractivity contribution is 7.78. The predicted octanol–water partition coefficient (Wildman–Crippen LogP) is 5.14. The number of rotatable bonds is 3. The Balaban J connectivity index is 2.15. The third kappa shape index (κ3) is 2.42. The van der Waals surface area contributed by atoms with Crippen molar-refractivity contribution in [1.29, 1.82) is 0 Å². The summed E-state index contributed by atoms with van der Waals surface area (Å²) < 4.78 is 0. The number of hydrogen-bond donors (Lipinski definition) is 0. The Morgan fingerprint density at radius 1 is 1.00 bits per heavy atom. The van der Waals surface area contributed by atoms with E-state index in [1.165, 1.54) is 48.4 Å². The Bertz CT molecular complexity index is 644. The van der Waals surface area contributed by atoms with Crippen LogP contribution in [-0.2, 0) is 5.41 Å². The van der Waals surface area contributed by atoms with E-state index in [0.29, 0.717) is 0 Å². The first-order valence-electron chi connectivity index (χ1n) is 7.38. The first-order valence-corrected chi connectivity index (χ1v) is 7.78. The maximum absolute atomic E-state index is 4.80. The average molecular weight is 281 g/mol. The molecule has 0 atom stereocenters. The average Bonchev–Trinajstić information content (AvgIpc) is 2.53. The van der Waals surface area contributed by atoms with Gasteiger partial charge in [0.1, 0.15) is 0 Å². The van der Waals surface area contributed by atoms with Gasteiger partial charge in [-0.2, -0.15) is 0 Å². The van der Waals surface area contributed by atoms with Crippen molar-refractivity contribution in [1.82, 2.24) is 0 Å². The summed E-state index contributed by atoms with van der Waals surface area (Å²) in [7, 11) is 0. The van der Waals surface area contributed by atoms with Gasteiger partial charge in [0.2, 0.25) is 0 Å². The zero-order chi connectivity index (χ0) is 13.8. The summed E-state index contributed by atoms with van der Waals surface area (Å²) in [5.41, 5.74) is 1.61. The van der Waals surface area contributed by atoms with E-state index in [0.717, 1.165) is 6.54 Å². The van der Waals surface area contributed by atoms with Gasteiger partial charge >= 0.3 is 0 Å². The fraction of sp³-hybridized carbons (Fsp3) is 0.389. The maximum atomic E-state index is 4.80. The van der Waals surface area contributed by atoms with E-state index in [9.17, 15) is 0 Å². The van der Waals surface area contributed by atoms with E-state index in [4.69, 9.17) is 12.2 Å². The molecule has 2 heteroatoms. The summed E-state index contributed by atoms with van der Waals surface area (Å²) >= 11 is 4.80. The van der Waals surface area contributed by atoms with Crippen LogP contribution < -0.4 is 0 Å². The fourth-order valence-electron chi connectivity index (χ4n) is 3.61. The van der Waals surface area contributed by atoms with Crippen molar-refractivity contribution in [2.75, 3.05) is 6.54 Å². The van der Waals surface area contributed by atoms with Gasteiger partial charge in [0.15, 0.2) is 0 Å². The summed E-state index contributed by atoms with van der Waals surface area (Å²) in [6.07, 6.45) is 6.34. The lowest BCUT2D eigenvalue weighted by atomic mass is 9.68. The van der Waals surface area contributed by atoms with Crippen LogP contribution in [0.5, 0.6) is 0 Å². The summed E-state index contributed by atoms with van der Waals surface area (Å²) in [5.74, 6) is 0. The van der Waals surface area contributed by atoms with Crippen molar-refractivity contribution in [3.63, 3.8) is 0 Å². The molecule has 0 aromatic heterocycles. The molecule has 0 N–H and O–H groups in total. The van der Waals surface area contributed by atoms with E-state index < -0.39 is 0 Å². The van der Waals surface area contributed by atoms with E-state index in [-0.39, 0.29) is 5.41 Å². The SMILES string of the molecule is S=C=NCC1(c2cccc3ccccc23)CCCCC1. The molecule has 0 amide bonds. The highest BCUT2D eigenvalue weighted by Gasteiger charge is 2.34. The van der Waals surface area contributed by atoms with Crippen molar-refractivity contribution in [2.24, 2.45) is 4.99 Å². The summed E-state index contributed by atoms with van der Waals surface area (Å²) in [4.78, 5) is 4.32. The normalized spacial score (nSPS) is 17.6. The highest BCUT2D eigenvalue weighted by atomic mass is 32.1. The lowest BCUT2D eigenvalue weighted by molar-refractivity contribution is 0.304. The summed E-state index contributed by atoms with van der Waals surface area (Å²) in [6.45, 7) is 0.782. The predicted molar refractivity (Wildman–Crippen MR) is 88.6 cm³/mol. The number of nitrogens with zero attached hydrogens (tertiary/aromatic N) is 1. The Hall–Kier alpha value is -1.50. The molecule has 1 fully saturated rings. The van der Waals surface area contributed by atoms with Gasteiger partial charge in [-0.25, -0.2) is 4.99 Å². The van der Waals surface area contributed by atoms with Crippen LogP contribution in [0.2, 0.25) is 0 Å². The molecule has 0 unspecified atom stereocenters. The van der Waals surface area contributed by atoms with Crippen molar-refractivity contribution < 1.29 is 0 Å². The van der Waals surface area contributed by atoms with Crippen molar-refractivity contribution >= 4 is 28.2 Å². The van der Waals surface area contributed by atoms with Gasteiger partial charge in [0, 0.05) is 5.41 Å². The van der Waals surface area contributed by atoms with Gasteiger partial charge in [-0.05, 0) is 41.4 Å². The lowest BCUT2D eigenvalue weighted by Gasteiger charge is -2.37. The Morgan fingerprint density at radius 3 is 2.55 bits per heavy atom. The molecule has 0 radical (unpaired) electrons. The molecule has 1 nitrogen and oxygen atoms in total. The number of hydrogen-bond acceptors (Lipinski definition) is 2. The second kappa shape index (κ2) is 5.87. The van der Waals surface area contributed by atoms with Crippen LogP contribution in [0.15, 0.2) is 47.5 Å². The monoisotopic (exact) mass is 281 g/mol. The number of thiocarbonyl (C=S) groups is 1. The smallest absolute Gasteiger partial charge is 0.0589 e. The van der Waals surface area contributed by atoms with Crippen LogP contribution in [0.1, 0.15) is 37.7 Å². The van der Waals surface area contributed by atoms with Gasteiger partial charge in [-0.15, -0.1) is 0 Å². The Labute approximate surface area is 125 Å². The molecule has 1 aliphatic carbocycles. The molecule has 2 aromatic rings. The van der Waals surface area contributed by atoms with Gasteiger partial charge in [-0.1, -0.05) is 61.7 Å². The minimum atomic E-state index is 0.158. The van der Waals surface area contributed by atoms with E-state index in [1.54, 1.807) is 0 Å². The zero-order valence-corrected chi connectivity index (χ0v) is 12.5. The third-order valence-corrected chi connectivity index (χ3v) is 4.75. The van der Waals surface area contributed by atoms with Crippen LogP contribution in [0.3, 0.4) is 0 Å². The van der Waals surface area contributed by atoms with Crippen LogP contribution in [0, 0.1) is 0 Å².